The summed E-state index contributed by atoms with van der Waals surface area (Å²) in [4.78, 5) is 8.44. The molecule has 2 aliphatic heterocycles. The lowest BCUT2D eigenvalue weighted by atomic mass is 9.86. The molecule has 0 unspecified atom stereocenters. The molecule has 36 heavy (non-hydrogen) atoms. The molecule has 0 saturated heterocycles. The number of rotatable bonds is 6. The third-order valence-corrected chi connectivity index (χ3v) is 6.71. The molecule has 0 N–H and O–H groups in total. The summed E-state index contributed by atoms with van der Waals surface area (Å²) >= 11 is 0. The predicted molar refractivity (Wildman–Crippen MR) is 142 cm³/mol. The molecule has 2 aliphatic rings. The molecule has 174 valence electrons. The van der Waals surface area contributed by atoms with E-state index in [1.54, 1.807) is 0 Å². The molecule has 0 spiro atoms. The quantitative estimate of drug-likeness (QED) is 0.297. The van der Waals surface area contributed by atoms with Crippen molar-refractivity contribution in [3.05, 3.63) is 120 Å². The maximum absolute atomic E-state index is 4.23. The number of benzene rings is 2. The van der Waals surface area contributed by atoms with Gasteiger partial charge in [0.05, 0.1) is 25.5 Å². The SMILES string of the molecule is Cc1cc(-c2ccncc2)c(Cc2cc(C3=CN=NC3)ccc2C2=CN=NC2)cc1-c1ccncc1. The van der Waals surface area contributed by atoms with Gasteiger partial charge in [-0.1, -0.05) is 24.3 Å². The minimum Gasteiger partial charge on any atom is -0.265 e. The second kappa shape index (κ2) is 9.58. The topological polar surface area (TPSA) is 75.2 Å². The molecule has 4 aromatic rings. The van der Waals surface area contributed by atoms with Crippen molar-refractivity contribution in [3.63, 3.8) is 0 Å². The highest BCUT2D eigenvalue weighted by molar-refractivity contribution is 5.79. The standard InChI is InChI=1S/C30H24N6/c1-20-12-30(22-6-10-32-11-7-22)25(15-29(20)21-4-8-31-9-5-21)14-24-13-23(26-16-33-34-17-26)2-3-28(24)27-18-35-36-19-27/h2-13,15-16,18H,14,17,19H2,1H3. The van der Waals surface area contributed by atoms with Crippen LogP contribution in [-0.2, 0) is 6.42 Å². The molecule has 0 fully saturated rings. The molecule has 4 heterocycles. The Morgan fingerprint density at radius 2 is 1.19 bits per heavy atom. The molecule has 2 aromatic carbocycles. The summed E-state index contributed by atoms with van der Waals surface area (Å²) in [5, 5.41) is 16.5. The first-order chi connectivity index (χ1) is 17.8. The summed E-state index contributed by atoms with van der Waals surface area (Å²) in [6.45, 7) is 3.39. The van der Waals surface area contributed by atoms with E-state index in [-0.39, 0.29) is 0 Å². The molecular formula is C30H24N6. The van der Waals surface area contributed by atoms with Crippen molar-refractivity contribution in [1.82, 2.24) is 9.97 Å². The molecule has 0 amide bonds. The lowest BCUT2D eigenvalue weighted by Gasteiger charge is -2.18. The van der Waals surface area contributed by atoms with Crippen LogP contribution >= 0.6 is 0 Å². The van der Waals surface area contributed by atoms with Gasteiger partial charge in [-0.3, -0.25) is 9.97 Å². The average molecular weight is 469 g/mol. The van der Waals surface area contributed by atoms with Crippen LogP contribution in [0.5, 0.6) is 0 Å². The second-order valence-electron chi connectivity index (χ2n) is 8.98. The molecule has 0 aliphatic carbocycles. The number of pyridine rings is 2. The van der Waals surface area contributed by atoms with Gasteiger partial charge in [-0.15, -0.1) is 0 Å². The van der Waals surface area contributed by atoms with Crippen molar-refractivity contribution in [3.8, 4) is 22.3 Å². The van der Waals surface area contributed by atoms with E-state index >= 15 is 0 Å². The highest BCUT2D eigenvalue weighted by Gasteiger charge is 2.17. The first-order valence-corrected chi connectivity index (χ1v) is 12.0. The lowest BCUT2D eigenvalue weighted by Crippen LogP contribution is -2.02. The van der Waals surface area contributed by atoms with Crippen LogP contribution in [0.1, 0.15) is 27.8 Å². The largest absolute Gasteiger partial charge is 0.265 e. The molecule has 0 saturated carbocycles. The fourth-order valence-corrected chi connectivity index (χ4v) is 4.86. The molecule has 0 bridgehead atoms. The summed E-state index contributed by atoms with van der Waals surface area (Å²) in [7, 11) is 0. The molecule has 0 atom stereocenters. The summed E-state index contributed by atoms with van der Waals surface area (Å²) in [5.41, 5.74) is 13.1. The maximum Gasteiger partial charge on any atom is 0.0874 e. The molecule has 6 rings (SSSR count). The van der Waals surface area contributed by atoms with E-state index in [9.17, 15) is 0 Å². The Morgan fingerprint density at radius 1 is 0.583 bits per heavy atom. The van der Waals surface area contributed by atoms with E-state index in [2.05, 4.69) is 91.9 Å². The van der Waals surface area contributed by atoms with E-state index in [1.807, 2.05) is 37.2 Å². The summed E-state index contributed by atoms with van der Waals surface area (Å²) in [6, 6.07) is 19.5. The monoisotopic (exact) mass is 468 g/mol. The first kappa shape index (κ1) is 21.9. The number of azo groups is 2. The summed E-state index contributed by atoms with van der Waals surface area (Å²) in [6.07, 6.45) is 11.9. The van der Waals surface area contributed by atoms with Gasteiger partial charge in [-0.2, -0.15) is 20.5 Å². The zero-order valence-electron chi connectivity index (χ0n) is 20.0. The van der Waals surface area contributed by atoms with Crippen molar-refractivity contribution in [2.24, 2.45) is 20.5 Å². The Bertz CT molecular complexity index is 1550. The van der Waals surface area contributed by atoms with Gasteiger partial charge in [0, 0.05) is 35.9 Å². The van der Waals surface area contributed by atoms with E-state index in [0.29, 0.717) is 13.1 Å². The van der Waals surface area contributed by atoms with Gasteiger partial charge in [0.2, 0.25) is 0 Å². The highest BCUT2D eigenvalue weighted by atomic mass is 15.1. The number of aryl methyl sites for hydroxylation is 1. The van der Waals surface area contributed by atoms with Gasteiger partial charge in [-0.05, 0) is 93.7 Å². The van der Waals surface area contributed by atoms with Crippen LogP contribution in [0.25, 0.3) is 33.4 Å². The van der Waals surface area contributed by atoms with E-state index in [0.717, 1.165) is 34.3 Å². The molecular weight excluding hydrogens is 444 g/mol. The Morgan fingerprint density at radius 3 is 1.83 bits per heavy atom. The molecule has 2 aromatic heterocycles. The Hall–Kier alpha value is -4.58. The van der Waals surface area contributed by atoms with Crippen LogP contribution in [-0.4, -0.2) is 23.1 Å². The Labute approximate surface area is 209 Å². The van der Waals surface area contributed by atoms with Gasteiger partial charge in [-0.25, -0.2) is 0 Å². The van der Waals surface area contributed by atoms with E-state index in [4.69, 9.17) is 0 Å². The van der Waals surface area contributed by atoms with Crippen molar-refractivity contribution in [2.75, 3.05) is 13.1 Å². The number of hydrogen-bond acceptors (Lipinski definition) is 6. The second-order valence-corrected chi connectivity index (χ2v) is 8.98. The van der Waals surface area contributed by atoms with Gasteiger partial charge in [0.25, 0.3) is 0 Å². The lowest BCUT2D eigenvalue weighted by molar-refractivity contribution is 1.12. The van der Waals surface area contributed by atoms with Gasteiger partial charge in [0.1, 0.15) is 0 Å². The maximum atomic E-state index is 4.23. The van der Waals surface area contributed by atoms with Gasteiger partial charge in [0.15, 0.2) is 0 Å². The highest BCUT2D eigenvalue weighted by Crippen LogP contribution is 2.36. The predicted octanol–water partition coefficient (Wildman–Crippen LogP) is 7.32. The zero-order valence-corrected chi connectivity index (χ0v) is 20.0. The molecule has 0 radical (unpaired) electrons. The van der Waals surface area contributed by atoms with Crippen molar-refractivity contribution >= 4 is 11.1 Å². The average Bonchev–Trinajstić information content (AvgIpc) is 3.66. The smallest absolute Gasteiger partial charge is 0.0874 e. The number of hydrogen-bond donors (Lipinski definition) is 0. The van der Waals surface area contributed by atoms with Crippen LogP contribution in [0, 0.1) is 6.92 Å². The van der Waals surface area contributed by atoms with Crippen LogP contribution in [0.4, 0.5) is 0 Å². The van der Waals surface area contributed by atoms with Crippen molar-refractivity contribution in [2.45, 2.75) is 13.3 Å². The third-order valence-electron chi connectivity index (χ3n) is 6.71. The van der Waals surface area contributed by atoms with Crippen LogP contribution in [0.3, 0.4) is 0 Å². The minimum absolute atomic E-state index is 0.604. The Balaban J connectivity index is 1.51. The first-order valence-electron chi connectivity index (χ1n) is 12.0. The third kappa shape index (κ3) is 4.29. The van der Waals surface area contributed by atoms with Crippen LogP contribution in [0.2, 0.25) is 0 Å². The number of nitrogens with zero attached hydrogens (tertiary/aromatic N) is 6. The van der Waals surface area contributed by atoms with E-state index < -0.39 is 0 Å². The molecule has 6 heteroatoms. The fraction of sp³-hybridized carbons (Fsp3) is 0.133. The number of aromatic nitrogens is 2. The van der Waals surface area contributed by atoms with Gasteiger partial charge >= 0.3 is 0 Å². The molecule has 6 nitrogen and oxygen atoms in total. The van der Waals surface area contributed by atoms with Gasteiger partial charge < -0.3 is 0 Å². The van der Waals surface area contributed by atoms with Crippen LogP contribution < -0.4 is 0 Å². The van der Waals surface area contributed by atoms with Crippen molar-refractivity contribution < 1.29 is 0 Å². The van der Waals surface area contributed by atoms with E-state index in [1.165, 1.54) is 33.4 Å². The zero-order chi connectivity index (χ0) is 24.3. The minimum atomic E-state index is 0.604. The summed E-state index contributed by atoms with van der Waals surface area (Å²) in [5.74, 6) is 0. The fourth-order valence-electron chi connectivity index (χ4n) is 4.86. The Kier molecular flexibility index (Phi) is 5.83. The van der Waals surface area contributed by atoms with Crippen molar-refractivity contribution in [1.29, 1.82) is 0 Å². The van der Waals surface area contributed by atoms with Crippen LogP contribution in [0.15, 0.2) is 112 Å². The normalized spacial score (nSPS) is 14.2. The summed E-state index contributed by atoms with van der Waals surface area (Å²) < 4.78 is 0.